The van der Waals surface area contributed by atoms with Crippen molar-refractivity contribution in [1.82, 2.24) is 4.98 Å². The van der Waals surface area contributed by atoms with Gasteiger partial charge in [0, 0.05) is 11.9 Å². The fraction of sp³-hybridized carbons (Fsp3) is 0.400. The third-order valence-corrected chi connectivity index (χ3v) is 3.15. The third-order valence-electron chi connectivity index (χ3n) is 1.96. The zero-order chi connectivity index (χ0) is 12.1. The largest absolute Gasteiger partial charge is 0.477 e. The van der Waals surface area contributed by atoms with Gasteiger partial charge in [-0.25, -0.2) is 9.78 Å². The van der Waals surface area contributed by atoms with Gasteiger partial charge in [0.2, 0.25) is 0 Å². The normalized spacial score (nSPS) is 12.4. The molecule has 0 radical (unpaired) electrons. The monoisotopic (exact) mass is 242 g/mol. The fourth-order valence-electron chi connectivity index (χ4n) is 1.10. The number of carboxylic acid groups (broad SMARTS) is 1. The minimum atomic E-state index is -1.07. The molecule has 0 saturated carbocycles. The van der Waals surface area contributed by atoms with E-state index in [1.807, 2.05) is 6.92 Å². The molecule has 1 aromatic rings. The van der Waals surface area contributed by atoms with Crippen LogP contribution >= 0.6 is 11.8 Å². The molecule has 1 atom stereocenters. The number of anilines is 1. The second-order valence-electron chi connectivity index (χ2n) is 3.34. The van der Waals surface area contributed by atoms with Gasteiger partial charge in [0.1, 0.15) is 10.7 Å². The van der Waals surface area contributed by atoms with E-state index in [4.69, 9.17) is 15.9 Å². The number of aromatic nitrogens is 1. The Balaban J connectivity index is 2.85. The Kier molecular flexibility index (Phi) is 4.57. The quantitative estimate of drug-likeness (QED) is 0.672. The number of nitrogen functional groups attached to an aromatic ring is 1. The summed E-state index contributed by atoms with van der Waals surface area (Å²) in [5.74, 6) is -1.07. The van der Waals surface area contributed by atoms with Crippen LogP contribution in [-0.4, -0.2) is 33.0 Å². The molecule has 1 unspecified atom stereocenters. The Labute approximate surface area is 97.7 Å². The molecule has 0 aliphatic rings. The number of pyridine rings is 1. The summed E-state index contributed by atoms with van der Waals surface area (Å²) in [4.78, 5) is 14.7. The van der Waals surface area contributed by atoms with Gasteiger partial charge in [-0.05, 0) is 18.6 Å². The van der Waals surface area contributed by atoms with Crippen LogP contribution in [-0.2, 0) is 0 Å². The minimum absolute atomic E-state index is 0.0205. The van der Waals surface area contributed by atoms with Crippen molar-refractivity contribution in [2.45, 2.75) is 23.6 Å². The lowest BCUT2D eigenvalue weighted by molar-refractivity contribution is 0.0690. The maximum Gasteiger partial charge on any atom is 0.354 e. The molecular formula is C10H14N2O3S. The Hall–Kier alpha value is -1.27. The molecule has 6 heteroatoms. The zero-order valence-electron chi connectivity index (χ0n) is 8.88. The molecule has 1 aromatic heterocycles. The van der Waals surface area contributed by atoms with Gasteiger partial charge in [0.05, 0.1) is 5.69 Å². The van der Waals surface area contributed by atoms with Gasteiger partial charge >= 0.3 is 5.97 Å². The average molecular weight is 242 g/mol. The average Bonchev–Trinajstić information content (AvgIpc) is 2.21. The van der Waals surface area contributed by atoms with E-state index in [0.717, 1.165) is 0 Å². The molecule has 0 aliphatic heterocycles. The first-order valence-corrected chi connectivity index (χ1v) is 5.70. The van der Waals surface area contributed by atoms with E-state index in [0.29, 0.717) is 17.1 Å². The number of carboxylic acids is 1. The maximum atomic E-state index is 10.7. The predicted molar refractivity (Wildman–Crippen MR) is 62.6 cm³/mol. The summed E-state index contributed by atoms with van der Waals surface area (Å²) in [5.41, 5.74) is 6.13. The predicted octanol–water partition coefficient (Wildman–Crippen LogP) is 1.23. The van der Waals surface area contributed by atoms with Crippen molar-refractivity contribution in [3.8, 4) is 0 Å². The maximum absolute atomic E-state index is 10.7. The van der Waals surface area contributed by atoms with E-state index in [9.17, 15) is 4.79 Å². The van der Waals surface area contributed by atoms with Gasteiger partial charge in [-0.3, -0.25) is 0 Å². The number of nitrogens with zero attached hydrogens (tertiary/aromatic N) is 1. The van der Waals surface area contributed by atoms with Crippen LogP contribution in [0.15, 0.2) is 17.2 Å². The Morgan fingerprint density at radius 1 is 1.62 bits per heavy atom. The van der Waals surface area contributed by atoms with E-state index in [-0.39, 0.29) is 17.6 Å². The number of carbonyl (C=O) groups is 1. The van der Waals surface area contributed by atoms with E-state index in [1.54, 1.807) is 0 Å². The van der Waals surface area contributed by atoms with Crippen LogP contribution < -0.4 is 5.73 Å². The van der Waals surface area contributed by atoms with Crippen molar-refractivity contribution < 1.29 is 15.0 Å². The summed E-state index contributed by atoms with van der Waals surface area (Å²) in [6.07, 6.45) is 0.614. The van der Waals surface area contributed by atoms with Crippen molar-refractivity contribution in [3.05, 3.63) is 17.8 Å². The highest BCUT2D eigenvalue weighted by molar-refractivity contribution is 8.00. The number of hydrogen-bond donors (Lipinski definition) is 3. The molecule has 1 heterocycles. The lowest BCUT2D eigenvalue weighted by Crippen LogP contribution is -2.06. The number of rotatable bonds is 5. The van der Waals surface area contributed by atoms with E-state index in [1.165, 1.54) is 23.9 Å². The minimum Gasteiger partial charge on any atom is -0.477 e. The third kappa shape index (κ3) is 3.39. The molecule has 0 aliphatic carbocycles. The molecular weight excluding hydrogens is 228 g/mol. The zero-order valence-corrected chi connectivity index (χ0v) is 9.70. The van der Waals surface area contributed by atoms with Crippen LogP contribution in [0.5, 0.6) is 0 Å². The molecule has 0 amide bonds. The number of aliphatic hydroxyl groups is 1. The second-order valence-corrected chi connectivity index (χ2v) is 4.76. The molecule has 1 rings (SSSR count). The Bertz CT molecular complexity index is 384. The van der Waals surface area contributed by atoms with Gasteiger partial charge in [-0.15, -0.1) is 11.8 Å². The van der Waals surface area contributed by atoms with E-state index < -0.39 is 5.97 Å². The smallest absolute Gasteiger partial charge is 0.354 e. The van der Waals surface area contributed by atoms with Gasteiger partial charge in [0.25, 0.3) is 0 Å². The Morgan fingerprint density at radius 2 is 2.31 bits per heavy atom. The van der Waals surface area contributed by atoms with Crippen LogP contribution in [0.3, 0.4) is 0 Å². The summed E-state index contributed by atoms with van der Waals surface area (Å²) in [5, 5.41) is 18.2. The number of aliphatic hydroxyl groups excluding tert-OH is 1. The number of hydrogen-bond acceptors (Lipinski definition) is 5. The van der Waals surface area contributed by atoms with Crippen molar-refractivity contribution in [2.75, 3.05) is 12.3 Å². The van der Waals surface area contributed by atoms with Crippen LogP contribution in [0.25, 0.3) is 0 Å². The molecule has 0 bridgehead atoms. The lowest BCUT2D eigenvalue weighted by Gasteiger charge is -2.10. The molecule has 0 fully saturated rings. The molecule has 5 nitrogen and oxygen atoms in total. The summed E-state index contributed by atoms with van der Waals surface area (Å²) < 4.78 is 0. The van der Waals surface area contributed by atoms with Crippen LogP contribution in [0, 0.1) is 0 Å². The Morgan fingerprint density at radius 3 is 2.88 bits per heavy atom. The van der Waals surface area contributed by atoms with Gasteiger partial charge < -0.3 is 15.9 Å². The van der Waals surface area contributed by atoms with Crippen molar-refractivity contribution in [1.29, 1.82) is 0 Å². The first-order chi connectivity index (χ1) is 7.54. The highest BCUT2D eigenvalue weighted by Gasteiger charge is 2.12. The highest BCUT2D eigenvalue weighted by Crippen LogP contribution is 2.28. The molecule has 88 valence electrons. The standard InChI is InChI=1S/C10H14N2O3S/c1-6(4-5-13)16-9-7(11)2-3-8(12-9)10(14)15/h2-3,6,13H,4-5,11H2,1H3,(H,14,15). The second kappa shape index (κ2) is 5.72. The van der Waals surface area contributed by atoms with E-state index >= 15 is 0 Å². The van der Waals surface area contributed by atoms with Gasteiger partial charge in [-0.1, -0.05) is 6.92 Å². The highest BCUT2D eigenvalue weighted by atomic mass is 32.2. The fourth-order valence-corrected chi connectivity index (χ4v) is 2.06. The molecule has 0 aromatic carbocycles. The van der Waals surface area contributed by atoms with Crippen molar-refractivity contribution in [2.24, 2.45) is 0 Å². The summed E-state index contributed by atoms with van der Waals surface area (Å²) in [7, 11) is 0. The number of thioether (sulfide) groups is 1. The van der Waals surface area contributed by atoms with Crippen molar-refractivity contribution >= 4 is 23.4 Å². The first kappa shape index (κ1) is 12.8. The van der Waals surface area contributed by atoms with Gasteiger partial charge in [0.15, 0.2) is 0 Å². The molecule has 0 saturated heterocycles. The number of aromatic carboxylic acids is 1. The topological polar surface area (TPSA) is 96.4 Å². The molecule has 16 heavy (non-hydrogen) atoms. The molecule has 4 N–H and O–H groups in total. The molecule has 0 spiro atoms. The first-order valence-electron chi connectivity index (χ1n) is 4.82. The lowest BCUT2D eigenvalue weighted by atomic mass is 10.3. The van der Waals surface area contributed by atoms with Crippen LogP contribution in [0.4, 0.5) is 5.69 Å². The number of nitrogens with two attached hydrogens (primary N) is 1. The summed E-state index contributed by atoms with van der Waals surface area (Å²) in [6.45, 7) is 2.02. The van der Waals surface area contributed by atoms with Crippen LogP contribution in [0.2, 0.25) is 0 Å². The SMILES string of the molecule is CC(CCO)Sc1nc(C(=O)O)ccc1N. The van der Waals surface area contributed by atoms with E-state index in [2.05, 4.69) is 4.98 Å². The van der Waals surface area contributed by atoms with Crippen molar-refractivity contribution in [3.63, 3.8) is 0 Å². The van der Waals surface area contributed by atoms with Crippen LogP contribution in [0.1, 0.15) is 23.8 Å². The van der Waals surface area contributed by atoms with Gasteiger partial charge in [-0.2, -0.15) is 0 Å². The summed E-state index contributed by atoms with van der Waals surface area (Å²) >= 11 is 1.37. The summed E-state index contributed by atoms with van der Waals surface area (Å²) in [6, 6.07) is 2.91.